The average Bonchev–Trinajstić information content (AvgIpc) is 2.72. The van der Waals surface area contributed by atoms with Crippen LogP contribution in [0, 0.1) is 11.7 Å². The van der Waals surface area contributed by atoms with Crippen LogP contribution in [-0.2, 0) is 6.42 Å². The summed E-state index contributed by atoms with van der Waals surface area (Å²) in [7, 11) is 0. The molecular weight excluding hydrogens is 349 g/mol. The van der Waals surface area contributed by atoms with Gasteiger partial charge in [-0.2, -0.15) is 0 Å². The van der Waals surface area contributed by atoms with Gasteiger partial charge in [0.25, 0.3) is 0 Å². The maximum atomic E-state index is 14.8. The van der Waals surface area contributed by atoms with Crippen LogP contribution in [0.4, 0.5) is 4.39 Å². The molecule has 0 aliphatic carbocycles. The normalized spacial score (nSPS) is 12.3. The minimum absolute atomic E-state index is 0.189. The molecule has 2 aromatic rings. The maximum absolute atomic E-state index is 14.8. The Morgan fingerprint density at radius 2 is 1.68 bits per heavy atom. The Balaban J connectivity index is 1.81. The van der Waals surface area contributed by atoms with Crippen molar-refractivity contribution in [1.82, 2.24) is 5.32 Å². The van der Waals surface area contributed by atoms with Crippen LogP contribution in [-0.4, -0.2) is 13.2 Å². The third-order valence-corrected chi connectivity index (χ3v) is 5.28. The van der Waals surface area contributed by atoms with E-state index in [1.54, 1.807) is 6.07 Å². The van der Waals surface area contributed by atoms with E-state index < -0.39 is 0 Å². The zero-order valence-corrected chi connectivity index (χ0v) is 17.7. The van der Waals surface area contributed by atoms with Crippen molar-refractivity contribution in [2.24, 2.45) is 5.92 Å². The lowest BCUT2D eigenvalue weighted by Gasteiger charge is -2.17. The number of rotatable bonds is 13. The number of hydrogen-bond acceptors (Lipinski definition) is 2. The minimum atomic E-state index is -0.189. The van der Waals surface area contributed by atoms with Crippen LogP contribution in [0.3, 0.4) is 0 Å². The fourth-order valence-corrected chi connectivity index (χ4v) is 3.65. The number of hydrogen-bond donors (Lipinski definition) is 1. The van der Waals surface area contributed by atoms with E-state index in [1.165, 1.54) is 5.56 Å². The Hall–Kier alpha value is -1.87. The summed E-state index contributed by atoms with van der Waals surface area (Å²) in [5.74, 6) is 0.729. The first-order valence-corrected chi connectivity index (χ1v) is 10.8. The molecule has 2 aromatic carbocycles. The second-order valence-corrected chi connectivity index (χ2v) is 7.67. The largest absolute Gasteiger partial charge is 0.490 e. The van der Waals surface area contributed by atoms with Crippen LogP contribution in [0.5, 0.6) is 5.75 Å². The van der Waals surface area contributed by atoms with Gasteiger partial charge in [0.05, 0.1) is 6.61 Å². The van der Waals surface area contributed by atoms with Crippen LogP contribution in [0.2, 0.25) is 0 Å². The van der Waals surface area contributed by atoms with Gasteiger partial charge >= 0.3 is 0 Å². The van der Waals surface area contributed by atoms with Crippen molar-refractivity contribution >= 4 is 0 Å². The lowest BCUT2D eigenvalue weighted by molar-refractivity contribution is 0.221. The molecule has 0 aromatic heterocycles. The molecule has 0 amide bonds. The van der Waals surface area contributed by atoms with Gasteiger partial charge in [-0.25, -0.2) is 4.39 Å². The molecule has 0 saturated heterocycles. The Kier molecular flexibility index (Phi) is 10.1. The van der Waals surface area contributed by atoms with Gasteiger partial charge in [-0.3, -0.25) is 0 Å². The molecule has 2 nitrogen and oxygen atoms in total. The molecule has 1 N–H and O–H groups in total. The second kappa shape index (κ2) is 12.6. The lowest BCUT2D eigenvalue weighted by Crippen LogP contribution is -2.20. The molecule has 1 atom stereocenters. The lowest BCUT2D eigenvalue weighted by atomic mass is 9.99. The molecular formula is C25H36FNO. The standard InChI is InChI=1S/C25H36FNO/c1-4-11-21(12-5-2)19-28-24-17-9-15-23(25(24)26)16-10-18-27-20(3)22-13-7-6-8-14-22/h6-9,13-15,17,20-21,27H,4-5,10-12,16,18-19H2,1-3H3/t20-/m0/s1. The predicted molar refractivity (Wildman–Crippen MR) is 116 cm³/mol. The van der Waals surface area contributed by atoms with E-state index >= 15 is 0 Å². The van der Waals surface area contributed by atoms with E-state index in [1.807, 2.05) is 18.2 Å². The number of ether oxygens (including phenoxy) is 1. The molecule has 0 aliphatic heterocycles. The van der Waals surface area contributed by atoms with E-state index in [0.29, 0.717) is 30.7 Å². The first-order valence-electron chi connectivity index (χ1n) is 10.8. The Labute approximate surface area is 170 Å². The van der Waals surface area contributed by atoms with Crippen molar-refractivity contribution in [3.63, 3.8) is 0 Å². The highest BCUT2D eigenvalue weighted by molar-refractivity contribution is 5.31. The van der Waals surface area contributed by atoms with Crippen molar-refractivity contribution in [3.8, 4) is 5.75 Å². The third-order valence-electron chi connectivity index (χ3n) is 5.28. The van der Waals surface area contributed by atoms with Crippen LogP contribution < -0.4 is 10.1 Å². The molecule has 0 heterocycles. The number of benzene rings is 2. The van der Waals surface area contributed by atoms with Gasteiger partial charge in [0, 0.05) is 6.04 Å². The number of halogens is 1. The summed E-state index contributed by atoms with van der Waals surface area (Å²) in [6, 6.07) is 16.2. The molecule has 0 spiro atoms. The van der Waals surface area contributed by atoms with Crippen molar-refractivity contribution in [3.05, 3.63) is 65.5 Å². The van der Waals surface area contributed by atoms with Crippen molar-refractivity contribution in [1.29, 1.82) is 0 Å². The summed E-state index contributed by atoms with van der Waals surface area (Å²) in [6.45, 7) is 8.01. The van der Waals surface area contributed by atoms with Crippen molar-refractivity contribution in [2.75, 3.05) is 13.2 Å². The molecule has 0 unspecified atom stereocenters. The van der Waals surface area contributed by atoms with E-state index in [9.17, 15) is 4.39 Å². The maximum Gasteiger partial charge on any atom is 0.168 e. The van der Waals surface area contributed by atoms with E-state index in [0.717, 1.165) is 44.2 Å². The van der Waals surface area contributed by atoms with Crippen LogP contribution >= 0.6 is 0 Å². The van der Waals surface area contributed by atoms with Crippen LogP contribution in [0.15, 0.2) is 48.5 Å². The fourth-order valence-electron chi connectivity index (χ4n) is 3.65. The molecule has 0 radical (unpaired) electrons. The first-order chi connectivity index (χ1) is 13.7. The summed E-state index contributed by atoms with van der Waals surface area (Å²) in [5, 5.41) is 3.52. The Morgan fingerprint density at radius 1 is 0.964 bits per heavy atom. The van der Waals surface area contributed by atoms with E-state index in [2.05, 4.69) is 50.4 Å². The Bertz CT molecular complexity index is 668. The number of aryl methyl sites for hydroxylation is 1. The van der Waals surface area contributed by atoms with Gasteiger partial charge in [0.15, 0.2) is 11.6 Å². The van der Waals surface area contributed by atoms with E-state index in [4.69, 9.17) is 4.74 Å². The highest BCUT2D eigenvalue weighted by atomic mass is 19.1. The van der Waals surface area contributed by atoms with Crippen molar-refractivity contribution in [2.45, 2.75) is 65.3 Å². The van der Waals surface area contributed by atoms with Gasteiger partial charge in [0.1, 0.15) is 0 Å². The summed E-state index contributed by atoms with van der Waals surface area (Å²) in [6.07, 6.45) is 6.17. The predicted octanol–water partition coefficient (Wildman–Crippen LogP) is 6.70. The molecule has 0 saturated carbocycles. The van der Waals surface area contributed by atoms with Crippen molar-refractivity contribution < 1.29 is 9.13 Å². The first kappa shape index (κ1) is 22.4. The highest BCUT2D eigenvalue weighted by Gasteiger charge is 2.13. The quantitative estimate of drug-likeness (QED) is 0.387. The number of nitrogens with one attached hydrogen (secondary N) is 1. The summed E-state index contributed by atoms with van der Waals surface area (Å²) in [4.78, 5) is 0. The summed E-state index contributed by atoms with van der Waals surface area (Å²) in [5.41, 5.74) is 2.02. The third kappa shape index (κ3) is 7.27. The summed E-state index contributed by atoms with van der Waals surface area (Å²) >= 11 is 0. The molecule has 28 heavy (non-hydrogen) atoms. The smallest absolute Gasteiger partial charge is 0.168 e. The molecule has 3 heteroatoms. The molecule has 2 rings (SSSR count). The molecule has 0 aliphatic rings. The minimum Gasteiger partial charge on any atom is -0.490 e. The van der Waals surface area contributed by atoms with Gasteiger partial charge in [-0.15, -0.1) is 0 Å². The molecule has 154 valence electrons. The Morgan fingerprint density at radius 3 is 2.36 bits per heavy atom. The monoisotopic (exact) mass is 385 g/mol. The highest BCUT2D eigenvalue weighted by Crippen LogP contribution is 2.24. The van der Waals surface area contributed by atoms with Crippen LogP contribution in [0.1, 0.15) is 70.0 Å². The molecule has 0 bridgehead atoms. The SMILES string of the molecule is CCCC(CCC)COc1cccc(CCCN[C@@H](C)c2ccccc2)c1F. The van der Waals surface area contributed by atoms with Crippen LogP contribution in [0.25, 0.3) is 0 Å². The topological polar surface area (TPSA) is 21.3 Å². The van der Waals surface area contributed by atoms with E-state index in [-0.39, 0.29) is 5.82 Å². The van der Waals surface area contributed by atoms with Gasteiger partial charge in [0.2, 0.25) is 0 Å². The fraction of sp³-hybridized carbons (Fsp3) is 0.520. The second-order valence-electron chi connectivity index (χ2n) is 7.67. The zero-order valence-electron chi connectivity index (χ0n) is 17.7. The van der Waals surface area contributed by atoms with Gasteiger partial charge in [-0.05, 0) is 62.3 Å². The van der Waals surface area contributed by atoms with Gasteiger partial charge < -0.3 is 10.1 Å². The average molecular weight is 386 g/mol. The summed E-state index contributed by atoms with van der Waals surface area (Å²) < 4.78 is 20.7. The van der Waals surface area contributed by atoms with Gasteiger partial charge in [-0.1, -0.05) is 69.2 Å². The zero-order chi connectivity index (χ0) is 20.2. The molecule has 0 fully saturated rings.